The van der Waals surface area contributed by atoms with Gasteiger partial charge in [-0.3, -0.25) is 0 Å². The van der Waals surface area contributed by atoms with Crippen molar-refractivity contribution >= 4 is 60.7 Å². The predicted molar refractivity (Wildman–Crippen MR) is 242 cm³/mol. The maximum absolute atomic E-state index is 6.10. The lowest BCUT2D eigenvalue weighted by molar-refractivity contribution is 0.553. The van der Waals surface area contributed by atoms with E-state index >= 15 is 0 Å². The van der Waals surface area contributed by atoms with E-state index in [4.69, 9.17) is 4.42 Å². The van der Waals surface area contributed by atoms with Gasteiger partial charge in [-0.2, -0.15) is 0 Å². The third-order valence-electron chi connectivity index (χ3n) is 12.6. The summed E-state index contributed by atoms with van der Waals surface area (Å²) < 4.78 is 8.51. The minimum atomic E-state index is -0.210. The molecular weight excluding hydrogens is 705 g/mol. The van der Waals surface area contributed by atoms with E-state index in [-0.39, 0.29) is 11.5 Å². The average Bonchev–Trinajstić information content (AvgIpc) is 3.91. The molecular formula is C55H38N2O. The van der Waals surface area contributed by atoms with Gasteiger partial charge in [-0.25, -0.2) is 0 Å². The number of anilines is 2. The van der Waals surface area contributed by atoms with E-state index in [1.165, 1.54) is 72.1 Å². The van der Waals surface area contributed by atoms with Crippen LogP contribution < -0.4 is 4.90 Å². The Morgan fingerprint density at radius 3 is 1.91 bits per heavy atom. The fraction of sp³-hybridized carbons (Fsp3) is 0.0545. The van der Waals surface area contributed by atoms with Crippen molar-refractivity contribution in [3.63, 3.8) is 0 Å². The molecule has 0 saturated carbocycles. The Balaban J connectivity index is 0.903. The van der Waals surface area contributed by atoms with Gasteiger partial charge in [0.1, 0.15) is 11.2 Å². The normalized spacial score (nSPS) is 17.3. The summed E-state index contributed by atoms with van der Waals surface area (Å²) in [5, 5.41) is 4.80. The Hall–Kier alpha value is -7.36. The molecule has 2 aromatic heterocycles. The Bertz CT molecular complexity index is 3290. The summed E-state index contributed by atoms with van der Waals surface area (Å²) in [6.45, 7) is 2.40. The van der Waals surface area contributed by atoms with Gasteiger partial charge in [-0.15, -0.1) is 0 Å². The molecule has 0 saturated heterocycles. The molecule has 1 aliphatic carbocycles. The number of hydrogen-bond donors (Lipinski definition) is 0. The molecule has 0 amide bonds. The lowest BCUT2D eigenvalue weighted by Crippen LogP contribution is -2.39. The van der Waals surface area contributed by atoms with Crippen LogP contribution in [0.1, 0.15) is 18.1 Å². The highest BCUT2D eigenvalue weighted by atomic mass is 16.3. The predicted octanol–water partition coefficient (Wildman–Crippen LogP) is 14.4. The van der Waals surface area contributed by atoms with Gasteiger partial charge in [0.05, 0.1) is 17.1 Å². The molecule has 0 radical (unpaired) electrons. The van der Waals surface area contributed by atoms with Crippen LogP contribution >= 0.6 is 0 Å². The number of para-hydroxylation sites is 3. The van der Waals surface area contributed by atoms with Crippen molar-refractivity contribution in [1.82, 2.24) is 4.57 Å². The average molecular weight is 743 g/mol. The molecule has 58 heavy (non-hydrogen) atoms. The van der Waals surface area contributed by atoms with E-state index in [9.17, 15) is 0 Å². The number of aromatic nitrogens is 1. The molecule has 10 aromatic rings. The van der Waals surface area contributed by atoms with Crippen molar-refractivity contribution < 1.29 is 4.42 Å². The Kier molecular flexibility index (Phi) is 7.12. The van der Waals surface area contributed by atoms with E-state index < -0.39 is 0 Å². The molecule has 0 N–H and O–H groups in total. The molecule has 3 heteroatoms. The second kappa shape index (κ2) is 12.6. The summed E-state index contributed by atoms with van der Waals surface area (Å²) in [5.74, 6) is 0. The second-order valence-electron chi connectivity index (χ2n) is 15.9. The number of rotatable bonds is 5. The number of fused-ring (bicyclic) bond motifs is 9. The maximum Gasteiger partial charge on any atom is 0.135 e. The fourth-order valence-electron chi connectivity index (χ4n) is 9.80. The van der Waals surface area contributed by atoms with Gasteiger partial charge in [0.2, 0.25) is 0 Å². The highest BCUT2D eigenvalue weighted by Crippen LogP contribution is 2.53. The summed E-state index contributed by atoms with van der Waals surface area (Å²) in [7, 11) is 0. The zero-order valence-corrected chi connectivity index (χ0v) is 32.0. The summed E-state index contributed by atoms with van der Waals surface area (Å²) in [5.41, 5.74) is 16.3. The molecule has 0 fully saturated rings. The second-order valence-corrected chi connectivity index (χ2v) is 15.9. The first kappa shape index (κ1) is 32.8. The zero-order chi connectivity index (χ0) is 38.4. The van der Waals surface area contributed by atoms with Crippen LogP contribution in [0, 0.1) is 0 Å². The van der Waals surface area contributed by atoms with Gasteiger partial charge < -0.3 is 13.9 Å². The molecule has 2 unspecified atom stereocenters. The standard InChI is InChI=1S/C55H38N2O/c1-55-35-41(25-32-54(55)57(51-17-9-7-15-48(51)55)43-28-19-37(20-29-43)36-11-3-2-4-12-36)40-23-30-50-46(33-40)44-13-5-8-16-49(44)56(50)42-26-21-38(22-27-42)39-24-31-53-47(34-39)45-14-6-10-18-52(45)58-53/h2-35,54H,1H3. The first-order valence-electron chi connectivity index (χ1n) is 20.1. The van der Waals surface area contributed by atoms with Gasteiger partial charge in [0.25, 0.3) is 0 Å². The van der Waals surface area contributed by atoms with Gasteiger partial charge in [-0.05, 0) is 113 Å². The highest BCUT2D eigenvalue weighted by Gasteiger charge is 2.47. The summed E-state index contributed by atoms with van der Waals surface area (Å²) >= 11 is 0. The van der Waals surface area contributed by atoms with Crippen molar-refractivity contribution in [2.75, 3.05) is 4.90 Å². The number of allylic oxidation sites excluding steroid dienone is 2. The molecule has 1 aliphatic heterocycles. The highest BCUT2D eigenvalue weighted by molar-refractivity contribution is 6.10. The van der Waals surface area contributed by atoms with Crippen molar-refractivity contribution in [3.05, 3.63) is 217 Å². The zero-order valence-electron chi connectivity index (χ0n) is 32.0. The first-order chi connectivity index (χ1) is 28.6. The quantitative estimate of drug-likeness (QED) is 0.175. The maximum atomic E-state index is 6.10. The van der Waals surface area contributed by atoms with Crippen molar-refractivity contribution in [2.45, 2.75) is 18.4 Å². The van der Waals surface area contributed by atoms with E-state index in [0.717, 1.165) is 27.6 Å². The number of nitrogens with zero attached hydrogens (tertiary/aromatic N) is 2. The smallest absolute Gasteiger partial charge is 0.135 e. The van der Waals surface area contributed by atoms with E-state index in [2.05, 4.69) is 211 Å². The largest absolute Gasteiger partial charge is 0.456 e. The lowest BCUT2D eigenvalue weighted by atomic mass is 9.73. The van der Waals surface area contributed by atoms with E-state index in [1.807, 2.05) is 12.1 Å². The van der Waals surface area contributed by atoms with Gasteiger partial charge in [0, 0.05) is 44.0 Å². The van der Waals surface area contributed by atoms with Crippen molar-refractivity contribution in [3.8, 4) is 27.9 Å². The minimum absolute atomic E-state index is 0.158. The monoisotopic (exact) mass is 742 g/mol. The van der Waals surface area contributed by atoms with E-state index in [0.29, 0.717) is 0 Å². The van der Waals surface area contributed by atoms with Crippen LogP contribution in [0.5, 0.6) is 0 Å². The molecule has 0 spiro atoms. The minimum Gasteiger partial charge on any atom is -0.456 e. The number of hydrogen-bond acceptors (Lipinski definition) is 2. The summed E-state index contributed by atoms with van der Waals surface area (Å²) in [6.07, 6.45) is 7.27. The molecule has 2 atom stereocenters. The van der Waals surface area contributed by atoms with Gasteiger partial charge in [0.15, 0.2) is 0 Å². The van der Waals surface area contributed by atoms with Gasteiger partial charge >= 0.3 is 0 Å². The SMILES string of the molecule is CC12C=C(c3ccc4c(c3)c3ccccc3n4-c3ccc(-c4ccc5oc6ccccc6c5c4)cc3)C=CC1N(c1ccc(-c3ccccc3)cc1)c1ccccc12. The third kappa shape index (κ3) is 4.93. The van der Waals surface area contributed by atoms with E-state index in [1.54, 1.807) is 0 Å². The van der Waals surface area contributed by atoms with Crippen LogP contribution in [0.15, 0.2) is 211 Å². The first-order valence-corrected chi connectivity index (χ1v) is 20.1. The molecule has 2 aliphatic rings. The Morgan fingerprint density at radius 2 is 1.07 bits per heavy atom. The molecule has 8 aromatic carbocycles. The fourth-order valence-corrected chi connectivity index (χ4v) is 9.80. The molecule has 274 valence electrons. The van der Waals surface area contributed by atoms with Crippen LogP contribution in [-0.2, 0) is 5.41 Å². The van der Waals surface area contributed by atoms with Gasteiger partial charge in [-0.1, -0.05) is 140 Å². The van der Waals surface area contributed by atoms with Crippen LogP contribution in [0.2, 0.25) is 0 Å². The summed E-state index contributed by atoms with van der Waals surface area (Å²) in [4.78, 5) is 2.52. The summed E-state index contributed by atoms with van der Waals surface area (Å²) in [6, 6.07) is 68.3. The van der Waals surface area contributed by atoms with Crippen LogP contribution in [-0.4, -0.2) is 10.6 Å². The topological polar surface area (TPSA) is 21.3 Å². The number of benzene rings is 8. The Morgan fingerprint density at radius 1 is 0.466 bits per heavy atom. The van der Waals surface area contributed by atoms with Crippen LogP contribution in [0.4, 0.5) is 11.4 Å². The molecule has 12 rings (SSSR count). The van der Waals surface area contributed by atoms with Crippen LogP contribution in [0.25, 0.3) is 77.3 Å². The Labute approximate surface area is 337 Å². The molecule has 3 nitrogen and oxygen atoms in total. The lowest BCUT2D eigenvalue weighted by Gasteiger charge is -2.36. The number of furan rings is 1. The van der Waals surface area contributed by atoms with Crippen LogP contribution in [0.3, 0.4) is 0 Å². The van der Waals surface area contributed by atoms with Crippen molar-refractivity contribution in [1.29, 1.82) is 0 Å². The molecule has 3 heterocycles. The molecule has 0 bridgehead atoms. The van der Waals surface area contributed by atoms with Crippen molar-refractivity contribution in [2.24, 2.45) is 0 Å². The third-order valence-corrected chi connectivity index (χ3v) is 12.6.